The van der Waals surface area contributed by atoms with Crippen LogP contribution in [0.5, 0.6) is 0 Å². The van der Waals surface area contributed by atoms with Gasteiger partial charge in [-0.25, -0.2) is 0 Å². The molecule has 0 fully saturated rings. The van der Waals surface area contributed by atoms with E-state index in [1.165, 1.54) is 0 Å². The summed E-state index contributed by atoms with van der Waals surface area (Å²) in [6.07, 6.45) is 0. The quantitative estimate of drug-likeness (QED) is 0.864. The normalized spacial score (nSPS) is 12.8. The van der Waals surface area contributed by atoms with Crippen LogP contribution in [0.25, 0.3) is 0 Å². The van der Waals surface area contributed by atoms with E-state index in [4.69, 9.17) is 27.9 Å². The van der Waals surface area contributed by atoms with Gasteiger partial charge in [0.05, 0.1) is 16.7 Å². The molecule has 1 aromatic carbocycles. The largest absolute Gasteiger partial charge is 0.383 e. The Balaban J connectivity index is 2.54. The Labute approximate surface area is 101 Å². The maximum absolute atomic E-state index is 6.05. The van der Waals surface area contributed by atoms with Gasteiger partial charge >= 0.3 is 0 Å². The first-order chi connectivity index (χ1) is 7.15. The molecule has 1 N–H and O–H groups in total. The summed E-state index contributed by atoms with van der Waals surface area (Å²) in [4.78, 5) is 0. The topological polar surface area (TPSA) is 21.3 Å². The van der Waals surface area contributed by atoms with E-state index in [1.54, 1.807) is 13.2 Å². The predicted octanol–water partition coefficient (Wildman–Crippen LogP) is 3.12. The summed E-state index contributed by atoms with van der Waals surface area (Å²) in [5.74, 6) is 0. The first-order valence-corrected chi connectivity index (χ1v) is 5.56. The lowest BCUT2D eigenvalue weighted by Crippen LogP contribution is -2.29. The third-order valence-corrected chi connectivity index (χ3v) is 2.95. The van der Waals surface area contributed by atoms with E-state index >= 15 is 0 Å². The average molecular weight is 248 g/mol. The van der Waals surface area contributed by atoms with Gasteiger partial charge in [-0.15, -0.1) is 0 Å². The van der Waals surface area contributed by atoms with Crippen molar-refractivity contribution in [2.24, 2.45) is 0 Å². The van der Waals surface area contributed by atoms with Gasteiger partial charge in [0.2, 0.25) is 0 Å². The molecule has 0 radical (unpaired) electrons. The van der Waals surface area contributed by atoms with Crippen molar-refractivity contribution in [2.75, 3.05) is 13.7 Å². The minimum absolute atomic E-state index is 0.296. The Kier molecular flexibility index (Phi) is 5.40. The van der Waals surface area contributed by atoms with Crippen LogP contribution in [0.3, 0.4) is 0 Å². The lowest BCUT2D eigenvalue weighted by atomic mass is 10.2. The molecule has 0 aliphatic carbocycles. The van der Waals surface area contributed by atoms with Crippen molar-refractivity contribution in [3.63, 3.8) is 0 Å². The molecular formula is C11H15Cl2NO. The Morgan fingerprint density at radius 3 is 2.80 bits per heavy atom. The number of halogens is 2. The molecule has 15 heavy (non-hydrogen) atoms. The van der Waals surface area contributed by atoms with Crippen LogP contribution in [0.4, 0.5) is 0 Å². The van der Waals surface area contributed by atoms with Gasteiger partial charge in [0.25, 0.3) is 0 Å². The maximum Gasteiger partial charge on any atom is 0.0637 e. The van der Waals surface area contributed by atoms with E-state index in [0.29, 0.717) is 29.2 Å². The van der Waals surface area contributed by atoms with Crippen LogP contribution in [0.1, 0.15) is 12.5 Å². The van der Waals surface area contributed by atoms with Crippen LogP contribution in [-0.4, -0.2) is 19.8 Å². The molecular weight excluding hydrogens is 233 g/mol. The Hall–Kier alpha value is -0.280. The summed E-state index contributed by atoms with van der Waals surface area (Å²) < 4.78 is 5.02. The van der Waals surface area contributed by atoms with Gasteiger partial charge in [0, 0.05) is 19.7 Å². The van der Waals surface area contributed by atoms with Gasteiger partial charge in [0.15, 0.2) is 0 Å². The minimum atomic E-state index is 0.296. The molecule has 1 atom stereocenters. The average Bonchev–Trinajstić information content (AvgIpc) is 2.21. The molecule has 1 rings (SSSR count). The van der Waals surface area contributed by atoms with Crippen molar-refractivity contribution in [2.45, 2.75) is 19.5 Å². The fourth-order valence-electron chi connectivity index (χ4n) is 1.28. The number of benzene rings is 1. The molecule has 0 aromatic heterocycles. The third-order valence-electron chi connectivity index (χ3n) is 2.09. The van der Waals surface area contributed by atoms with E-state index in [0.717, 1.165) is 5.56 Å². The molecule has 0 unspecified atom stereocenters. The van der Waals surface area contributed by atoms with Crippen LogP contribution in [0.15, 0.2) is 18.2 Å². The number of nitrogens with one attached hydrogen (secondary N) is 1. The van der Waals surface area contributed by atoms with Crippen LogP contribution >= 0.6 is 23.2 Å². The molecule has 0 aliphatic heterocycles. The van der Waals surface area contributed by atoms with Crippen LogP contribution in [0.2, 0.25) is 10.0 Å². The van der Waals surface area contributed by atoms with Crippen molar-refractivity contribution >= 4 is 23.2 Å². The zero-order valence-corrected chi connectivity index (χ0v) is 10.4. The first-order valence-electron chi connectivity index (χ1n) is 4.80. The summed E-state index contributed by atoms with van der Waals surface area (Å²) in [6.45, 7) is 3.43. The molecule has 0 amide bonds. The highest BCUT2D eigenvalue weighted by atomic mass is 35.5. The number of ether oxygens (including phenoxy) is 1. The Morgan fingerprint density at radius 2 is 2.13 bits per heavy atom. The van der Waals surface area contributed by atoms with Crippen molar-refractivity contribution in [1.82, 2.24) is 5.32 Å². The van der Waals surface area contributed by atoms with Gasteiger partial charge in [-0.1, -0.05) is 35.3 Å². The molecule has 2 nitrogen and oxygen atoms in total. The summed E-state index contributed by atoms with van der Waals surface area (Å²) in [5.41, 5.74) is 1.01. The molecule has 84 valence electrons. The zero-order chi connectivity index (χ0) is 11.3. The second-order valence-corrected chi connectivity index (χ2v) is 4.24. The van der Waals surface area contributed by atoms with Crippen LogP contribution < -0.4 is 5.32 Å². The molecule has 4 heteroatoms. The standard InChI is InChI=1S/C11H15Cl2NO/c1-8(7-15-2)14-6-9-4-3-5-10(12)11(9)13/h3-5,8,14H,6-7H2,1-2H3/t8-/m0/s1. The van der Waals surface area contributed by atoms with Gasteiger partial charge < -0.3 is 10.1 Å². The van der Waals surface area contributed by atoms with Crippen molar-refractivity contribution < 1.29 is 4.74 Å². The second kappa shape index (κ2) is 6.33. The number of methoxy groups -OCH3 is 1. The van der Waals surface area contributed by atoms with Gasteiger partial charge in [0.1, 0.15) is 0 Å². The zero-order valence-electron chi connectivity index (χ0n) is 8.89. The van der Waals surface area contributed by atoms with Crippen LogP contribution in [0, 0.1) is 0 Å². The van der Waals surface area contributed by atoms with E-state index in [1.807, 2.05) is 12.1 Å². The maximum atomic E-state index is 6.05. The molecule has 0 heterocycles. The first kappa shape index (κ1) is 12.8. The molecule has 0 bridgehead atoms. The highest BCUT2D eigenvalue weighted by molar-refractivity contribution is 6.42. The number of rotatable bonds is 5. The molecule has 0 saturated carbocycles. The van der Waals surface area contributed by atoms with Gasteiger partial charge in [-0.2, -0.15) is 0 Å². The number of hydrogen-bond acceptors (Lipinski definition) is 2. The van der Waals surface area contributed by atoms with Crippen molar-refractivity contribution in [3.8, 4) is 0 Å². The highest BCUT2D eigenvalue weighted by Gasteiger charge is 2.05. The molecule has 1 aromatic rings. The monoisotopic (exact) mass is 247 g/mol. The third kappa shape index (κ3) is 3.99. The van der Waals surface area contributed by atoms with E-state index in [9.17, 15) is 0 Å². The van der Waals surface area contributed by atoms with Gasteiger partial charge in [-0.05, 0) is 18.6 Å². The van der Waals surface area contributed by atoms with Crippen molar-refractivity contribution in [1.29, 1.82) is 0 Å². The van der Waals surface area contributed by atoms with Crippen molar-refractivity contribution in [3.05, 3.63) is 33.8 Å². The molecule has 0 aliphatic rings. The Bertz CT molecular complexity index is 317. The highest BCUT2D eigenvalue weighted by Crippen LogP contribution is 2.25. The van der Waals surface area contributed by atoms with E-state index < -0.39 is 0 Å². The molecule has 0 spiro atoms. The second-order valence-electron chi connectivity index (χ2n) is 3.45. The lowest BCUT2D eigenvalue weighted by molar-refractivity contribution is 0.171. The fraction of sp³-hybridized carbons (Fsp3) is 0.455. The van der Waals surface area contributed by atoms with E-state index in [-0.39, 0.29) is 0 Å². The SMILES string of the molecule is COC[C@H](C)NCc1cccc(Cl)c1Cl. The Morgan fingerprint density at radius 1 is 1.40 bits per heavy atom. The smallest absolute Gasteiger partial charge is 0.0637 e. The summed E-state index contributed by atoms with van der Waals surface area (Å²) in [7, 11) is 1.69. The minimum Gasteiger partial charge on any atom is -0.383 e. The molecule has 0 saturated heterocycles. The van der Waals surface area contributed by atoms with E-state index in [2.05, 4.69) is 12.2 Å². The predicted molar refractivity (Wildman–Crippen MR) is 64.6 cm³/mol. The summed E-state index contributed by atoms with van der Waals surface area (Å²) in [5, 5.41) is 4.51. The van der Waals surface area contributed by atoms with Crippen LogP contribution in [-0.2, 0) is 11.3 Å². The van der Waals surface area contributed by atoms with Gasteiger partial charge in [-0.3, -0.25) is 0 Å². The summed E-state index contributed by atoms with van der Waals surface area (Å²) >= 11 is 12.0. The number of hydrogen-bond donors (Lipinski definition) is 1. The summed E-state index contributed by atoms with van der Waals surface area (Å²) in [6, 6.07) is 5.93. The lowest BCUT2D eigenvalue weighted by Gasteiger charge is -2.13. The fourth-order valence-corrected chi connectivity index (χ4v) is 1.67.